The Morgan fingerprint density at radius 1 is 1.44 bits per heavy atom. The zero-order chi connectivity index (χ0) is 18.6. The van der Waals surface area contributed by atoms with E-state index >= 15 is 0 Å². The number of hydrogen-bond donors (Lipinski definition) is 2. The van der Waals surface area contributed by atoms with E-state index in [4.69, 9.17) is 4.74 Å². The van der Waals surface area contributed by atoms with Crippen LogP contribution in [-0.4, -0.2) is 29.3 Å². The van der Waals surface area contributed by atoms with Crippen LogP contribution in [0.5, 0.6) is 11.5 Å². The van der Waals surface area contributed by atoms with Gasteiger partial charge in [0.1, 0.15) is 0 Å². The number of nitrogens with one attached hydrogen (secondary N) is 1. The van der Waals surface area contributed by atoms with Crippen LogP contribution in [0, 0.1) is 17.0 Å². The average Bonchev–Trinajstić information content (AvgIpc) is 2.57. The maximum absolute atomic E-state index is 12.2. The SMILES string of the molecule is COc1cc(C=NNC(=O)c2cccc([N+](=O)[O-])c2C)cc(Br)c1O. The molecule has 2 aromatic rings. The second-order valence-electron chi connectivity index (χ2n) is 4.96. The van der Waals surface area contributed by atoms with Crippen LogP contribution < -0.4 is 10.2 Å². The number of methoxy groups -OCH3 is 1. The van der Waals surface area contributed by atoms with Crippen molar-refractivity contribution < 1.29 is 19.6 Å². The molecule has 0 atom stereocenters. The van der Waals surface area contributed by atoms with E-state index in [0.717, 1.165) is 0 Å². The van der Waals surface area contributed by atoms with Crippen molar-refractivity contribution in [2.45, 2.75) is 6.92 Å². The summed E-state index contributed by atoms with van der Waals surface area (Å²) in [5.41, 5.74) is 3.17. The van der Waals surface area contributed by atoms with Gasteiger partial charge in [-0.1, -0.05) is 6.07 Å². The number of ether oxygens (including phenoxy) is 1. The van der Waals surface area contributed by atoms with E-state index in [2.05, 4.69) is 26.5 Å². The molecule has 0 unspecified atom stereocenters. The molecular weight excluding hydrogens is 394 g/mol. The molecule has 0 saturated carbocycles. The highest BCUT2D eigenvalue weighted by Gasteiger charge is 2.17. The summed E-state index contributed by atoms with van der Waals surface area (Å²) in [6.45, 7) is 1.50. The van der Waals surface area contributed by atoms with Crippen molar-refractivity contribution in [3.8, 4) is 11.5 Å². The lowest BCUT2D eigenvalue weighted by atomic mass is 10.1. The fourth-order valence-electron chi connectivity index (χ4n) is 2.12. The number of phenolic OH excluding ortho intramolecular Hbond substituents is 1. The van der Waals surface area contributed by atoms with Gasteiger partial charge < -0.3 is 9.84 Å². The quantitative estimate of drug-likeness (QED) is 0.448. The Kier molecular flexibility index (Phi) is 5.71. The predicted molar refractivity (Wildman–Crippen MR) is 95.3 cm³/mol. The molecule has 0 aliphatic rings. The summed E-state index contributed by atoms with van der Waals surface area (Å²) >= 11 is 3.18. The number of aromatic hydroxyl groups is 1. The fraction of sp³-hybridized carbons (Fsp3) is 0.125. The molecule has 25 heavy (non-hydrogen) atoms. The minimum Gasteiger partial charge on any atom is -0.503 e. The molecule has 0 spiro atoms. The van der Waals surface area contributed by atoms with Crippen molar-refractivity contribution >= 4 is 33.7 Å². The third kappa shape index (κ3) is 4.13. The number of phenols is 1. The van der Waals surface area contributed by atoms with Gasteiger partial charge in [0.2, 0.25) is 0 Å². The van der Waals surface area contributed by atoms with E-state index in [1.165, 1.54) is 44.5 Å². The molecule has 0 saturated heterocycles. The number of halogens is 1. The van der Waals surface area contributed by atoms with Gasteiger partial charge in [-0.25, -0.2) is 5.43 Å². The van der Waals surface area contributed by atoms with E-state index in [9.17, 15) is 20.0 Å². The van der Waals surface area contributed by atoms with Crippen molar-refractivity contribution in [2.24, 2.45) is 5.10 Å². The summed E-state index contributed by atoms with van der Waals surface area (Å²) in [7, 11) is 1.41. The van der Waals surface area contributed by atoms with Crippen LogP contribution in [0.15, 0.2) is 39.9 Å². The zero-order valence-electron chi connectivity index (χ0n) is 13.3. The second kappa shape index (κ2) is 7.75. The van der Waals surface area contributed by atoms with Gasteiger partial charge in [0, 0.05) is 11.6 Å². The van der Waals surface area contributed by atoms with Crippen molar-refractivity contribution in [2.75, 3.05) is 7.11 Å². The van der Waals surface area contributed by atoms with Crippen molar-refractivity contribution in [1.29, 1.82) is 0 Å². The summed E-state index contributed by atoms with van der Waals surface area (Å²) in [4.78, 5) is 22.5. The van der Waals surface area contributed by atoms with Crippen molar-refractivity contribution in [3.05, 3.63) is 61.6 Å². The van der Waals surface area contributed by atoms with Gasteiger partial charge in [-0.3, -0.25) is 14.9 Å². The molecule has 0 aliphatic heterocycles. The van der Waals surface area contributed by atoms with Crippen LogP contribution in [0.2, 0.25) is 0 Å². The molecule has 1 amide bonds. The largest absolute Gasteiger partial charge is 0.503 e. The Labute approximate surface area is 151 Å². The van der Waals surface area contributed by atoms with Crippen LogP contribution in [0.3, 0.4) is 0 Å². The van der Waals surface area contributed by atoms with E-state index < -0.39 is 10.8 Å². The van der Waals surface area contributed by atoms with Crippen LogP contribution in [0.1, 0.15) is 21.5 Å². The summed E-state index contributed by atoms with van der Waals surface area (Å²) in [6, 6.07) is 7.37. The third-order valence-corrected chi connectivity index (χ3v) is 4.00. The van der Waals surface area contributed by atoms with Crippen LogP contribution >= 0.6 is 15.9 Å². The maximum atomic E-state index is 12.2. The van der Waals surface area contributed by atoms with E-state index in [-0.39, 0.29) is 28.3 Å². The molecule has 2 aromatic carbocycles. The molecule has 9 heteroatoms. The Balaban J connectivity index is 2.18. The molecule has 130 valence electrons. The number of nitrogens with zero attached hydrogens (tertiary/aromatic N) is 2. The highest BCUT2D eigenvalue weighted by Crippen LogP contribution is 2.34. The maximum Gasteiger partial charge on any atom is 0.273 e. The Morgan fingerprint density at radius 2 is 2.16 bits per heavy atom. The first-order chi connectivity index (χ1) is 11.8. The summed E-state index contributed by atoms with van der Waals surface area (Å²) < 4.78 is 5.43. The lowest BCUT2D eigenvalue weighted by molar-refractivity contribution is -0.385. The highest BCUT2D eigenvalue weighted by molar-refractivity contribution is 9.10. The minimum absolute atomic E-state index is 0.0455. The number of nitro groups is 1. The molecule has 8 nitrogen and oxygen atoms in total. The first-order valence-corrected chi connectivity index (χ1v) is 7.78. The lowest BCUT2D eigenvalue weighted by Gasteiger charge is -2.06. The first kappa shape index (κ1) is 18.4. The van der Waals surface area contributed by atoms with Crippen LogP contribution in [0.25, 0.3) is 0 Å². The van der Waals surface area contributed by atoms with Gasteiger partial charge in [-0.2, -0.15) is 5.10 Å². The third-order valence-electron chi connectivity index (χ3n) is 3.40. The molecule has 0 aliphatic carbocycles. The summed E-state index contributed by atoms with van der Waals surface area (Å²) in [6.07, 6.45) is 1.36. The molecule has 0 radical (unpaired) electrons. The number of amides is 1. The molecular formula is C16H14BrN3O5. The van der Waals surface area contributed by atoms with Gasteiger partial charge >= 0.3 is 0 Å². The van der Waals surface area contributed by atoms with E-state index in [1.54, 1.807) is 6.07 Å². The molecule has 0 fully saturated rings. The topological polar surface area (TPSA) is 114 Å². The van der Waals surface area contributed by atoms with Crippen LogP contribution in [-0.2, 0) is 0 Å². The molecule has 0 heterocycles. The van der Waals surface area contributed by atoms with Gasteiger partial charge in [0.25, 0.3) is 11.6 Å². The first-order valence-electron chi connectivity index (χ1n) is 6.99. The van der Waals surface area contributed by atoms with Gasteiger partial charge in [0.15, 0.2) is 11.5 Å². The normalized spacial score (nSPS) is 10.7. The Bertz CT molecular complexity index is 867. The summed E-state index contributed by atoms with van der Waals surface area (Å²) in [5.74, 6) is -0.366. The number of benzene rings is 2. The number of carbonyl (C=O) groups is 1. The van der Waals surface area contributed by atoms with E-state index in [0.29, 0.717) is 10.0 Å². The molecule has 2 N–H and O–H groups in total. The number of carbonyl (C=O) groups excluding carboxylic acids is 1. The standard InChI is InChI=1S/C16H14BrN3O5/c1-9-11(4-3-5-13(9)20(23)24)16(22)19-18-8-10-6-12(17)15(21)14(7-10)25-2/h3-8,21H,1-2H3,(H,19,22). The van der Waals surface area contributed by atoms with Gasteiger partial charge in [-0.15, -0.1) is 0 Å². The smallest absolute Gasteiger partial charge is 0.273 e. The molecule has 2 rings (SSSR count). The number of hydrogen-bond acceptors (Lipinski definition) is 6. The number of nitro benzene ring substituents is 1. The monoisotopic (exact) mass is 407 g/mol. The lowest BCUT2D eigenvalue weighted by Crippen LogP contribution is -2.19. The number of rotatable bonds is 5. The predicted octanol–water partition coefficient (Wildman–Crippen LogP) is 3.14. The van der Waals surface area contributed by atoms with Gasteiger partial charge in [0.05, 0.1) is 28.3 Å². The number of hydrazone groups is 1. The molecule has 0 aromatic heterocycles. The summed E-state index contributed by atoms with van der Waals surface area (Å²) in [5, 5.41) is 24.5. The van der Waals surface area contributed by atoms with Crippen LogP contribution in [0.4, 0.5) is 5.69 Å². The zero-order valence-corrected chi connectivity index (χ0v) is 14.9. The minimum atomic E-state index is -0.567. The Hall–Kier alpha value is -2.94. The Morgan fingerprint density at radius 3 is 2.80 bits per heavy atom. The average molecular weight is 408 g/mol. The fourth-order valence-corrected chi connectivity index (χ4v) is 2.58. The highest BCUT2D eigenvalue weighted by atomic mass is 79.9. The molecule has 0 bridgehead atoms. The van der Waals surface area contributed by atoms with Gasteiger partial charge in [-0.05, 0) is 46.6 Å². The van der Waals surface area contributed by atoms with Crippen molar-refractivity contribution in [1.82, 2.24) is 5.43 Å². The van der Waals surface area contributed by atoms with Crippen molar-refractivity contribution in [3.63, 3.8) is 0 Å². The second-order valence-corrected chi connectivity index (χ2v) is 5.81. The van der Waals surface area contributed by atoms with E-state index in [1.807, 2.05) is 0 Å².